The van der Waals surface area contributed by atoms with Crippen molar-refractivity contribution in [2.75, 3.05) is 7.11 Å². The van der Waals surface area contributed by atoms with Gasteiger partial charge in [-0.3, -0.25) is 9.59 Å². The van der Waals surface area contributed by atoms with Crippen LogP contribution in [-0.2, 0) is 35.5 Å². The van der Waals surface area contributed by atoms with Crippen molar-refractivity contribution in [3.63, 3.8) is 0 Å². The van der Waals surface area contributed by atoms with Gasteiger partial charge in [0.1, 0.15) is 11.8 Å². The summed E-state index contributed by atoms with van der Waals surface area (Å²) in [5.41, 5.74) is 3.47. The average molecular weight is 562 g/mol. The summed E-state index contributed by atoms with van der Waals surface area (Å²) in [6.45, 7) is 0.478. The molecule has 2 amide bonds. The second-order valence-corrected chi connectivity index (χ2v) is 10.0. The number of ether oxygens (including phenoxy) is 1. The Hall–Kier alpha value is -3.80. The maximum atomic E-state index is 13.8. The predicted molar refractivity (Wildman–Crippen MR) is 156 cm³/mol. The lowest BCUT2D eigenvalue weighted by Gasteiger charge is -2.32. The minimum Gasteiger partial charge on any atom is -0.497 e. The van der Waals surface area contributed by atoms with E-state index in [4.69, 9.17) is 27.9 Å². The summed E-state index contributed by atoms with van der Waals surface area (Å²) in [4.78, 5) is 29.3. The zero-order valence-corrected chi connectivity index (χ0v) is 23.2. The van der Waals surface area contributed by atoms with Gasteiger partial charge in [-0.25, -0.2) is 0 Å². The highest BCUT2D eigenvalue weighted by Gasteiger charge is 2.30. The van der Waals surface area contributed by atoms with Crippen LogP contribution in [0.1, 0.15) is 22.3 Å². The molecule has 4 rings (SSSR count). The molecule has 0 unspecified atom stereocenters. The molecule has 0 aliphatic carbocycles. The highest BCUT2D eigenvalue weighted by atomic mass is 35.5. The van der Waals surface area contributed by atoms with E-state index in [2.05, 4.69) is 5.32 Å². The molecule has 200 valence electrons. The average Bonchev–Trinajstić information content (AvgIpc) is 2.95. The van der Waals surface area contributed by atoms with Gasteiger partial charge in [0, 0.05) is 29.6 Å². The van der Waals surface area contributed by atoms with Gasteiger partial charge in [-0.15, -0.1) is 0 Å². The van der Waals surface area contributed by atoms with Crippen molar-refractivity contribution in [1.82, 2.24) is 10.2 Å². The van der Waals surface area contributed by atoms with Crippen LogP contribution in [0.25, 0.3) is 0 Å². The topological polar surface area (TPSA) is 58.6 Å². The number of methoxy groups -OCH3 is 1. The SMILES string of the molecule is COc1ccc(CN(C(=O)Cc2ccccc2)[C@@H](Cc2ccccc2)C(=O)NCc2ccc(Cl)cc2Cl)cc1. The fraction of sp³-hybridized carbons (Fsp3) is 0.188. The highest BCUT2D eigenvalue weighted by Crippen LogP contribution is 2.22. The van der Waals surface area contributed by atoms with E-state index >= 15 is 0 Å². The van der Waals surface area contributed by atoms with Gasteiger partial charge < -0.3 is 15.0 Å². The Morgan fingerprint density at radius 1 is 0.821 bits per heavy atom. The Bertz CT molecular complexity index is 1380. The van der Waals surface area contributed by atoms with Gasteiger partial charge in [-0.2, -0.15) is 0 Å². The molecule has 1 N–H and O–H groups in total. The number of rotatable bonds is 11. The Morgan fingerprint density at radius 3 is 2.08 bits per heavy atom. The molecule has 0 aromatic heterocycles. The van der Waals surface area contributed by atoms with Crippen molar-refractivity contribution < 1.29 is 14.3 Å². The third-order valence-electron chi connectivity index (χ3n) is 6.45. The van der Waals surface area contributed by atoms with Crippen molar-refractivity contribution in [2.45, 2.75) is 32.0 Å². The molecule has 0 fully saturated rings. The molecule has 0 saturated carbocycles. The van der Waals surface area contributed by atoms with Gasteiger partial charge >= 0.3 is 0 Å². The number of carbonyl (C=O) groups is 2. The zero-order valence-electron chi connectivity index (χ0n) is 21.6. The number of carbonyl (C=O) groups excluding carboxylic acids is 2. The van der Waals surface area contributed by atoms with Crippen LogP contribution in [0.3, 0.4) is 0 Å². The summed E-state index contributed by atoms with van der Waals surface area (Å²) in [5.74, 6) is 0.316. The largest absolute Gasteiger partial charge is 0.497 e. The number of nitrogens with one attached hydrogen (secondary N) is 1. The Kier molecular flexibility index (Phi) is 10.0. The van der Waals surface area contributed by atoms with Crippen LogP contribution >= 0.6 is 23.2 Å². The van der Waals surface area contributed by atoms with E-state index in [9.17, 15) is 9.59 Å². The molecule has 5 nitrogen and oxygen atoms in total. The number of hydrogen-bond acceptors (Lipinski definition) is 3. The van der Waals surface area contributed by atoms with Crippen molar-refractivity contribution >= 4 is 35.0 Å². The van der Waals surface area contributed by atoms with Crippen molar-refractivity contribution in [3.05, 3.63) is 135 Å². The number of nitrogens with zero attached hydrogens (tertiary/aromatic N) is 1. The third kappa shape index (κ3) is 8.09. The van der Waals surface area contributed by atoms with Crippen LogP contribution in [0.15, 0.2) is 103 Å². The molecule has 4 aromatic carbocycles. The molecule has 39 heavy (non-hydrogen) atoms. The van der Waals surface area contributed by atoms with E-state index < -0.39 is 6.04 Å². The normalized spacial score (nSPS) is 11.5. The standard InChI is InChI=1S/C32H30Cl2N2O3/c1-39-28-16-12-25(13-17-28)22-36(31(37)19-24-10-6-3-7-11-24)30(18-23-8-4-2-5-9-23)32(38)35-21-26-14-15-27(33)20-29(26)34/h2-17,20,30H,18-19,21-22H2,1H3,(H,35,38)/t30-/m0/s1. The summed E-state index contributed by atoms with van der Waals surface area (Å²) < 4.78 is 5.29. The molecule has 0 spiro atoms. The van der Waals surface area contributed by atoms with E-state index in [1.165, 1.54) is 0 Å². The number of hydrogen-bond donors (Lipinski definition) is 1. The summed E-state index contributed by atoms with van der Waals surface area (Å²) in [6.07, 6.45) is 0.538. The lowest BCUT2D eigenvalue weighted by atomic mass is 10.0. The van der Waals surface area contributed by atoms with Crippen LogP contribution in [-0.4, -0.2) is 29.9 Å². The molecular formula is C32H30Cl2N2O3. The lowest BCUT2D eigenvalue weighted by Crippen LogP contribution is -2.50. The molecule has 0 saturated heterocycles. The molecule has 0 aliphatic heterocycles. The number of benzene rings is 4. The van der Waals surface area contributed by atoms with E-state index in [0.717, 1.165) is 28.0 Å². The second-order valence-electron chi connectivity index (χ2n) is 9.19. The zero-order chi connectivity index (χ0) is 27.6. The fourth-order valence-electron chi connectivity index (χ4n) is 4.32. The molecule has 7 heteroatoms. The molecule has 1 atom stereocenters. The highest BCUT2D eigenvalue weighted by molar-refractivity contribution is 6.35. The van der Waals surface area contributed by atoms with Crippen LogP contribution in [0, 0.1) is 0 Å². The predicted octanol–water partition coefficient (Wildman–Crippen LogP) is 6.50. The first-order chi connectivity index (χ1) is 18.9. The summed E-state index contributed by atoms with van der Waals surface area (Å²) in [7, 11) is 1.61. The maximum absolute atomic E-state index is 13.8. The molecule has 0 heterocycles. The number of amides is 2. The van der Waals surface area contributed by atoms with Gasteiger partial charge in [0.05, 0.1) is 13.5 Å². The molecular weight excluding hydrogens is 531 g/mol. The molecule has 0 aliphatic rings. The van der Waals surface area contributed by atoms with Crippen molar-refractivity contribution in [2.24, 2.45) is 0 Å². The summed E-state index contributed by atoms with van der Waals surface area (Å²) in [6, 6.07) is 31.2. The first-order valence-electron chi connectivity index (χ1n) is 12.6. The molecule has 4 aromatic rings. The second kappa shape index (κ2) is 13.8. The van der Waals surface area contributed by atoms with E-state index in [0.29, 0.717) is 16.5 Å². The van der Waals surface area contributed by atoms with Crippen LogP contribution < -0.4 is 10.1 Å². The van der Waals surface area contributed by atoms with E-state index in [-0.39, 0.29) is 31.3 Å². The lowest BCUT2D eigenvalue weighted by molar-refractivity contribution is -0.140. The summed E-state index contributed by atoms with van der Waals surface area (Å²) in [5, 5.41) is 3.99. The number of halogens is 2. The smallest absolute Gasteiger partial charge is 0.243 e. The molecule has 0 bridgehead atoms. The van der Waals surface area contributed by atoms with Gasteiger partial charge in [0.15, 0.2) is 0 Å². The van der Waals surface area contributed by atoms with Gasteiger partial charge in [-0.05, 0) is 46.5 Å². The maximum Gasteiger partial charge on any atom is 0.243 e. The summed E-state index contributed by atoms with van der Waals surface area (Å²) >= 11 is 12.4. The fourth-order valence-corrected chi connectivity index (χ4v) is 4.79. The quantitative estimate of drug-likeness (QED) is 0.228. The van der Waals surface area contributed by atoms with Gasteiger partial charge in [0.2, 0.25) is 11.8 Å². The first kappa shape index (κ1) is 28.2. The van der Waals surface area contributed by atoms with Crippen LogP contribution in [0.4, 0.5) is 0 Å². The van der Waals surface area contributed by atoms with Crippen molar-refractivity contribution in [1.29, 1.82) is 0 Å². The van der Waals surface area contributed by atoms with E-state index in [1.54, 1.807) is 30.2 Å². The monoisotopic (exact) mass is 560 g/mol. The van der Waals surface area contributed by atoms with Crippen LogP contribution in [0.2, 0.25) is 10.0 Å². The van der Waals surface area contributed by atoms with Gasteiger partial charge in [-0.1, -0.05) is 102 Å². The van der Waals surface area contributed by atoms with Gasteiger partial charge in [0.25, 0.3) is 0 Å². The Balaban J connectivity index is 1.65. The Labute approximate surface area is 239 Å². The molecule has 0 radical (unpaired) electrons. The third-order valence-corrected chi connectivity index (χ3v) is 7.04. The van der Waals surface area contributed by atoms with Crippen molar-refractivity contribution in [3.8, 4) is 5.75 Å². The Morgan fingerprint density at radius 2 is 1.46 bits per heavy atom. The first-order valence-corrected chi connectivity index (χ1v) is 13.4. The minimum atomic E-state index is -0.753. The van der Waals surface area contributed by atoms with Crippen LogP contribution in [0.5, 0.6) is 5.75 Å². The van der Waals surface area contributed by atoms with E-state index in [1.807, 2.05) is 84.9 Å². The minimum absolute atomic E-state index is 0.141.